The summed E-state index contributed by atoms with van der Waals surface area (Å²) >= 11 is 0. The summed E-state index contributed by atoms with van der Waals surface area (Å²) in [5, 5.41) is 0. The Hall–Kier alpha value is -2.58. The molecule has 0 spiro atoms. The van der Waals surface area contributed by atoms with E-state index >= 15 is 0 Å². The average molecular weight is 357 g/mol. The van der Waals surface area contributed by atoms with Crippen molar-refractivity contribution in [2.75, 3.05) is 4.90 Å². The lowest BCUT2D eigenvalue weighted by Crippen LogP contribution is -2.29. The lowest BCUT2D eigenvalue weighted by Gasteiger charge is -2.17. The molecule has 1 fully saturated rings. The van der Waals surface area contributed by atoms with Crippen LogP contribution in [0.3, 0.4) is 0 Å². The van der Waals surface area contributed by atoms with Crippen molar-refractivity contribution in [2.45, 2.75) is 30.8 Å². The lowest BCUT2D eigenvalue weighted by molar-refractivity contribution is -0.121. The van der Waals surface area contributed by atoms with Crippen LogP contribution in [-0.4, -0.2) is 29.5 Å². The van der Waals surface area contributed by atoms with Crippen LogP contribution < -0.4 is 4.90 Å². The van der Waals surface area contributed by atoms with E-state index in [1.807, 2.05) is 6.07 Å². The number of amides is 2. The fraction of sp³-hybridized carbons (Fsp3) is 0.235. The van der Waals surface area contributed by atoms with Crippen LogP contribution in [0.25, 0.3) is 0 Å². The molecule has 7 nitrogen and oxygen atoms in total. The molecule has 2 amide bonds. The van der Waals surface area contributed by atoms with E-state index in [-0.39, 0.29) is 42.6 Å². The first-order valence-electron chi connectivity index (χ1n) is 7.85. The van der Waals surface area contributed by atoms with Crippen molar-refractivity contribution in [3.05, 3.63) is 53.9 Å². The Morgan fingerprint density at radius 1 is 0.920 bits per heavy atom. The third-order valence-corrected chi connectivity index (χ3v) is 6.25. The van der Waals surface area contributed by atoms with E-state index in [0.29, 0.717) is 5.69 Å². The van der Waals surface area contributed by atoms with Crippen molar-refractivity contribution >= 4 is 27.5 Å². The Balaban J connectivity index is 1.60. The maximum absolute atomic E-state index is 12.8. The molecule has 1 saturated heterocycles. The first-order valence-corrected chi connectivity index (χ1v) is 9.29. The SMILES string of the molecule is O=C1CCC(=O)N1c1ccc(S(=O)(=O)N2Cc3cccnc3C2)cc1. The molecule has 0 unspecified atom stereocenters. The summed E-state index contributed by atoms with van der Waals surface area (Å²) in [7, 11) is -3.67. The Labute approximate surface area is 144 Å². The first-order chi connectivity index (χ1) is 12.0. The molecule has 0 N–H and O–H groups in total. The highest BCUT2D eigenvalue weighted by atomic mass is 32.2. The number of fused-ring (bicyclic) bond motifs is 1. The van der Waals surface area contributed by atoms with Gasteiger partial charge in [-0.2, -0.15) is 4.31 Å². The van der Waals surface area contributed by atoms with E-state index in [2.05, 4.69) is 4.98 Å². The molecule has 3 heterocycles. The molecule has 0 aliphatic carbocycles. The average Bonchev–Trinajstić information content (AvgIpc) is 3.19. The van der Waals surface area contributed by atoms with E-state index in [4.69, 9.17) is 0 Å². The van der Waals surface area contributed by atoms with Crippen LogP contribution in [0.2, 0.25) is 0 Å². The zero-order valence-electron chi connectivity index (χ0n) is 13.3. The molecule has 0 radical (unpaired) electrons. The van der Waals surface area contributed by atoms with Crippen molar-refractivity contribution in [1.82, 2.24) is 9.29 Å². The van der Waals surface area contributed by atoms with Crippen molar-refractivity contribution in [1.29, 1.82) is 0 Å². The predicted octanol–water partition coefficient (Wildman–Crippen LogP) is 1.44. The Bertz CT molecular complexity index is 929. The van der Waals surface area contributed by atoms with E-state index in [9.17, 15) is 18.0 Å². The number of anilines is 1. The number of aromatic nitrogens is 1. The highest BCUT2D eigenvalue weighted by Crippen LogP contribution is 2.29. The van der Waals surface area contributed by atoms with Gasteiger partial charge < -0.3 is 0 Å². The van der Waals surface area contributed by atoms with Gasteiger partial charge in [0.15, 0.2) is 0 Å². The van der Waals surface area contributed by atoms with Crippen LogP contribution in [0.1, 0.15) is 24.1 Å². The number of hydrogen-bond acceptors (Lipinski definition) is 5. The molecule has 128 valence electrons. The fourth-order valence-corrected chi connectivity index (χ4v) is 4.50. The van der Waals surface area contributed by atoms with Crippen LogP contribution in [0.5, 0.6) is 0 Å². The number of sulfonamides is 1. The zero-order chi connectivity index (χ0) is 17.6. The van der Waals surface area contributed by atoms with Crippen LogP contribution in [0.15, 0.2) is 47.5 Å². The van der Waals surface area contributed by atoms with Gasteiger partial charge >= 0.3 is 0 Å². The number of pyridine rings is 1. The Morgan fingerprint density at radius 2 is 1.60 bits per heavy atom. The summed E-state index contributed by atoms with van der Waals surface area (Å²) in [6.07, 6.45) is 2.03. The molecule has 25 heavy (non-hydrogen) atoms. The second kappa shape index (κ2) is 5.75. The Kier molecular flexibility index (Phi) is 3.66. The van der Waals surface area contributed by atoms with E-state index in [1.54, 1.807) is 12.3 Å². The van der Waals surface area contributed by atoms with Gasteiger partial charge in [-0.15, -0.1) is 0 Å². The third-order valence-electron chi connectivity index (χ3n) is 4.44. The van der Waals surface area contributed by atoms with Crippen LogP contribution >= 0.6 is 0 Å². The minimum Gasteiger partial charge on any atom is -0.274 e. The Morgan fingerprint density at radius 3 is 2.24 bits per heavy atom. The molecule has 4 rings (SSSR count). The number of carbonyl (C=O) groups excluding carboxylic acids is 2. The van der Waals surface area contributed by atoms with Crippen LogP contribution in [0, 0.1) is 0 Å². The summed E-state index contributed by atoms with van der Waals surface area (Å²) in [5.74, 6) is -0.525. The molecule has 0 atom stereocenters. The van der Waals surface area contributed by atoms with Gasteiger partial charge in [0.25, 0.3) is 0 Å². The lowest BCUT2D eigenvalue weighted by atomic mass is 10.2. The molecule has 0 saturated carbocycles. The first kappa shape index (κ1) is 15.9. The second-order valence-corrected chi connectivity index (χ2v) is 7.94. The van der Waals surface area contributed by atoms with Gasteiger partial charge in [0.05, 0.1) is 22.8 Å². The predicted molar refractivity (Wildman–Crippen MR) is 88.8 cm³/mol. The number of rotatable bonds is 3. The maximum atomic E-state index is 12.8. The van der Waals surface area contributed by atoms with Crippen LogP contribution in [0.4, 0.5) is 5.69 Å². The molecular formula is C17H15N3O4S. The number of carbonyl (C=O) groups is 2. The van der Waals surface area contributed by atoms with E-state index in [0.717, 1.165) is 16.2 Å². The van der Waals surface area contributed by atoms with Gasteiger partial charge in [0.2, 0.25) is 21.8 Å². The molecule has 1 aromatic carbocycles. The van der Waals surface area contributed by atoms with Gasteiger partial charge in [0.1, 0.15) is 0 Å². The maximum Gasteiger partial charge on any atom is 0.243 e. The van der Waals surface area contributed by atoms with Gasteiger partial charge in [-0.05, 0) is 35.9 Å². The number of imide groups is 1. The van der Waals surface area contributed by atoms with Gasteiger partial charge in [0, 0.05) is 25.6 Å². The van der Waals surface area contributed by atoms with Crippen molar-refractivity contribution in [3.8, 4) is 0 Å². The van der Waals surface area contributed by atoms with Gasteiger partial charge in [-0.25, -0.2) is 8.42 Å². The summed E-state index contributed by atoms with van der Waals surface area (Å²) in [4.78, 5) is 29.0. The molecule has 2 aliphatic heterocycles. The standard InChI is InChI=1S/C17H15N3O4S/c21-16-7-8-17(22)20(16)13-3-5-14(6-4-13)25(23,24)19-10-12-2-1-9-18-15(12)11-19/h1-6,9H,7-8,10-11H2. The molecule has 8 heteroatoms. The number of benzene rings is 1. The normalized spacial score (nSPS) is 18.0. The van der Waals surface area contributed by atoms with E-state index < -0.39 is 10.0 Å². The summed E-state index contributed by atoms with van der Waals surface area (Å²) < 4.78 is 27.0. The molecular weight excluding hydrogens is 342 g/mol. The summed E-state index contributed by atoms with van der Waals surface area (Å²) in [6.45, 7) is 0.527. The third kappa shape index (κ3) is 2.63. The molecule has 1 aromatic heterocycles. The van der Waals surface area contributed by atoms with Crippen molar-refractivity contribution in [2.24, 2.45) is 0 Å². The van der Waals surface area contributed by atoms with Gasteiger partial charge in [-0.3, -0.25) is 19.5 Å². The topological polar surface area (TPSA) is 87.7 Å². The monoisotopic (exact) mass is 357 g/mol. The number of hydrogen-bond donors (Lipinski definition) is 0. The second-order valence-electron chi connectivity index (χ2n) is 6.00. The zero-order valence-corrected chi connectivity index (χ0v) is 14.1. The summed E-state index contributed by atoms with van der Waals surface area (Å²) in [5.41, 5.74) is 2.06. The van der Waals surface area contributed by atoms with E-state index in [1.165, 1.54) is 28.6 Å². The quantitative estimate of drug-likeness (QED) is 0.776. The fourth-order valence-electron chi connectivity index (χ4n) is 3.12. The highest BCUT2D eigenvalue weighted by Gasteiger charge is 2.33. The molecule has 2 aliphatic rings. The summed E-state index contributed by atoms with van der Waals surface area (Å²) in [6, 6.07) is 9.50. The highest BCUT2D eigenvalue weighted by molar-refractivity contribution is 7.89. The largest absolute Gasteiger partial charge is 0.274 e. The minimum absolute atomic E-state index is 0.128. The van der Waals surface area contributed by atoms with Crippen molar-refractivity contribution in [3.63, 3.8) is 0 Å². The van der Waals surface area contributed by atoms with Gasteiger partial charge in [-0.1, -0.05) is 6.07 Å². The molecule has 2 aromatic rings. The molecule has 0 bridgehead atoms. The van der Waals surface area contributed by atoms with Crippen LogP contribution in [-0.2, 0) is 32.7 Å². The smallest absolute Gasteiger partial charge is 0.243 e. The number of nitrogens with zero attached hydrogens (tertiary/aromatic N) is 3. The minimum atomic E-state index is -3.67. The van der Waals surface area contributed by atoms with Crippen molar-refractivity contribution < 1.29 is 18.0 Å².